The van der Waals surface area contributed by atoms with E-state index >= 15 is 0 Å². The quantitative estimate of drug-likeness (QED) is 0.200. The van der Waals surface area contributed by atoms with Crippen LogP contribution in [0.4, 0.5) is 0 Å². The highest BCUT2D eigenvalue weighted by molar-refractivity contribution is 7.53. The van der Waals surface area contributed by atoms with E-state index in [-0.39, 0.29) is 13.2 Å². The lowest BCUT2D eigenvalue weighted by Crippen LogP contribution is -2.35. The third-order valence-corrected chi connectivity index (χ3v) is 5.18. The minimum atomic E-state index is -3.44. The van der Waals surface area contributed by atoms with Crippen LogP contribution in [0, 0.1) is 0 Å². The summed E-state index contributed by atoms with van der Waals surface area (Å²) in [5, 5.41) is 0. The standard InChI is InChI=1S/C19H33O12P/c1-9-27-32(8,24)31-15(6)19(23)29-13(4)16(20)26-10-11(2)28-18(22)14(5)30-17(21)12(3)25-7/h11-15H,9-10H2,1-8H3. The molecule has 0 N–H and O–H groups in total. The Bertz CT molecular complexity index is 694. The summed E-state index contributed by atoms with van der Waals surface area (Å²) in [5.74, 6) is -3.40. The van der Waals surface area contributed by atoms with Crippen molar-refractivity contribution in [2.24, 2.45) is 0 Å². The highest BCUT2D eigenvalue weighted by Crippen LogP contribution is 2.45. The fourth-order valence-electron chi connectivity index (χ4n) is 1.97. The maximum atomic E-state index is 12.0. The van der Waals surface area contributed by atoms with Crippen molar-refractivity contribution in [3.8, 4) is 0 Å². The molecule has 0 aliphatic carbocycles. The van der Waals surface area contributed by atoms with E-state index in [1.54, 1.807) is 6.92 Å². The first-order chi connectivity index (χ1) is 14.7. The van der Waals surface area contributed by atoms with Gasteiger partial charge >= 0.3 is 31.5 Å². The molecule has 6 atom stereocenters. The lowest BCUT2D eigenvalue weighted by Gasteiger charge is -2.21. The first-order valence-electron chi connectivity index (χ1n) is 9.95. The van der Waals surface area contributed by atoms with Gasteiger partial charge in [0.1, 0.15) is 12.7 Å². The molecule has 0 aromatic heterocycles. The van der Waals surface area contributed by atoms with Gasteiger partial charge < -0.3 is 28.2 Å². The van der Waals surface area contributed by atoms with Crippen LogP contribution in [0.3, 0.4) is 0 Å². The SMILES string of the molecule is CCOP(C)(=O)OC(C)C(=O)OC(C)C(=O)OCC(C)OC(=O)C(C)OC(=O)C(C)OC. The maximum absolute atomic E-state index is 12.0. The average molecular weight is 484 g/mol. The number of ether oxygens (including phenoxy) is 5. The van der Waals surface area contributed by atoms with Gasteiger partial charge in [-0.25, -0.2) is 19.2 Å². The fourth-order valence-corrected chi connectivity index (χ4v) is 3.16. The Labute approximate surface area is 187 Å². The van der Waals surface area contributed by atoms with E-state index in [1.165, 1.54) is 48.4 Å². The molecule has 0 amide bonds. The molecular weight excluding hydrogens is 451 g/mol. The first-order valence-corrected chi connectivity index (χ1v) is 11.9. The zero-order valence-corrected chi connectivity index (χ0v) is 20.5. The summed E-state index contributed by atoms with van der Waals surface area (Å²) in [6.07, 6.45) is -5.43. The zero-order valence-electron chi connectivity index (χ0n) is 19.6. The van der Waals surface area contributed by atoms with Crippen molar-refractivity contribution in [1.29, 1.82) is 0 Å². The van der Waals surface area contributed by atoms with Crippen LogP contribution < -0.4 is 0 Å². The maximum Gasteiger partial charge on any atom is 0.347 e. The van der Waals surface area contributed by atoms with Gasteiger partial charge in [-0.05, 0) is 41.5 Å². The highest BCUT2D eigenvalue weighted by Gasteiger charge is 2.29. The van der Waals surface area contributed by atoms with Crippen LogP contribution in [0.25, 0.3) is 0 Å². The number of carbonyl (C=O) groups excluding carboxylic acids is 4. The van der Waals surface area contributed by atoms with E-state index < -0.39 is 62.0 Å². The van der Waals surface area contributed by atoms with E-state index in [0.29, 0.717) is 0 Å². The third-order valence-electron chi connectivity index (χ3n) is 3.76. The van der Waals surface area contributed by atoms with Gasteiger partial charge in [-0.15, -0.1) is 0 Å². The van der Waals surface area contributed by atoms with Crippen LogP contribution >= 0.6 is 7.60 Å². The third kappa shape index (κ3) is 11.6. The molecule has 186 valence electrons. The summed E-state index contributed by atoms with van der Waals surface area (Å²) < 4.78 is 46.5. The summed E-state index contributed by atoms with van der Waals surface area (Å²) in [5.41, 5.74) is 0. The van der Waals surface area contributed by atoms with E-state index in [9.17, 15) is 23.7 Å². The molecule has 0 saturated carbocycles. The number of rotatable bonds is 14. The molecular formula is C19H33O12P. The first kappa shape index (κ1) is 30.0. The summed E-state index contributed by atoms with van der Waals surface area (Å²) >= 11 is 0. The number of hydrogen-bond donors (Lipinski definition) is 0. The van der Waals surface area contributed by atoms with Gasteiger partial charge in [-0.2, -0.15) is 0 Å². The molecule has 0 heterocycles. The van der Waals surface area contributed by atoms with Gasteiger partial charge in [-0.1, -0.05) is 0 Å². The highest BCUT2D eigenvalue weighted by atomic mass is 31.2. The van der Waals surface area contributed by atoms with Gasteiger partial charge in [-0.3, -0.25) is 9.09 Å². The van der Waals surface area contributed by atoms with Crippen LogP contribution in [-0.2, 0) is 56.5 Å². The molecule has 13 heteroatoms. The molecule has 0 aromatic carbocycles. The number of esters is 4. The average Bonchev–Trinajstić information content (AvgIpc) is 2.70. The number of hydrogen-bond acceptors (Lipinski definition) is 12. The van der Waals surface area contributed by atoms with Crippen molar-refractivity contribution >= 4 is 31.5 Å². The monoisotopic (exact) mass is 484 g/mol. The van der Waals surface area contributed by atoms with Gasteiger partial charge in [0, 0.05) is 13.8 Å². The molecule has 0 radical (unpaired) electrons. The summed E-state index contributed by atoms with van der Waals surface area (Å²) in [7, 11) is -2.12. The van der Waals surface area contributed by atoms with E-state index in [1.807, 2.05) is 0 Å². The van der Waals surface area contributed by atoms with Crippen LogP contribution in [0.2, 0.25) is 0 Å². The Hall–Kier alpha value is -2.01. The predicted molar refractivity (Wildman–Crippen MR) is 110 cm³/mol. The molecule has 0 bridgehead atoms. The Balaban J connectivity index is 4.47. The van der Waals surface area contributed by atoms with Gasteiger partial charge in [0.25, 0.3) is 0 Å². The molecule has 6 unspecified atom stereocenters. The number of methoxy groups -OCH3 is 1. The minimum Gasteiger partial charge on any atom is -0.459 e. The fraction of sp³-hybridized carbons (Fsp3) is 0.789. The molecule has 0 aliphatic heterocycles. The molecule has 0 saturated heterocycles. The predicted octanol–water partition coefficient (Wildman–Crippen LogP) is 1.62. The second kappa shape index (κ2) is 14.2. The number of carbonyl (C=O) groups is 4. The zero-order chi connectivity index (χ0) is 25.1. The molecule has 0 rings (SSSR count). The Kier molecular flexibility index (Phi) is 13.3. The largest absolute Gasteiger partial charge is 0.459 e. The van der Waals surface area contributed by atoms with Crippen molar-refractivity contribution in [2.75, 3.05) is 27.0 Å². The second-order valence-electron chi connectivity index (χ2n) is 6.85. The summed E-state index contributed by atoms with van der Waals surface area (Å²) in [4.78, 5) is 47.6. The van der Waals surface area contributed by atoms with Crippen molar-refractivity contribution in [3.05, 3.63) is 0 Å². The van der Waals surface area contributed by atoms with Crippen LogP contribution in [0.5, 0.6) is 0 Å². The lowest BCUT2D eigenvalue weighted by atomic mass is 10.3. The van der Waals surface area contributed by atoms with Crippen LogP contribution in [0.15, 0.2) is 0 Å². The second-order valence-corrected chi connectivity index (χ2v) is 8.86. The van der Waals surface area contributed by atoms with Crippen molar-refractivity contribution in [3.63, 3.8) is 0 Å². The summed E-state index contributed by atoms with van der Waals surface area (Å²) in [6, 6.07) is 0. The van der Waals surface area contributed by atoms with Gasteiger partial charge in [0.2, 0.25) is 0 Å². The minimum absolute atomic E-state index is 0.133. The normalized spacial score (nSPS) is 17.6. The Morgan fingerprint density at radius 1 is 0.750 bits per heavy atom. The molecule has 32 heavy (non-hydrogen) atoms. The summed E-state index contributed by atoms with van der Waals surface area (Å²) in [6.45, 7) is 9.45. The van der Waals surface area contributed by atoms with Gasteiger partial charge in [0.15, 0.2) is 24.4 Å². The Morgan fingerprint density at radius 2 is 1.22 bits per heavy atom. The smallest absolute Gasteiger partial charge is 0.347 e. The van der Waals surface area contributed by atoms with Crippen LogP contribution in [-0.4, -0.2) is 81.4 Å². The lowest BCUT2D eigenvalue weighted by molar-refractivity contribution is -0.179. The topological polar surface area (TPSA) is 150 Å². The molecule has 0 fully saturated rings. The van der Waals surface area contributed by atoms with Crippen molar-refractivity contribution in [1.82, 2.24) is 0 Å². The van der Waals surface area contributed by atoms with Crippen molar-refractivity contribution in [2.45, 2.75) is 72.1 Å². The molecule has 12 nitrogen and oxygen atoms in total. The molecule has 0 aliphatic rings. The van der Waals surface area contributed by atoms with Crippen molar-refractivity contribution < 1.29 is 56.5 Å². The molecule has 0 spiro atoms. The van der Waals surface area contributed by atoms with E-state index in [4.69, 9.17) is 32.7 Å². The van der Waals surface area contributed by atoms with E-state index in [2.05, 4.69) is 0 Å². The Morgan fingerprint density at radius 3 is 1.72 bits per heavy atom. The molecule has 0 aromatic rings. The van der Waals surface area contributed by atoms with Gasteiger partial charge in [0.05, 0.1) is 6.61 Å². The van der Waals surface area contributed by atoms with E-state index in [0.717, 1.165) is 0 Å². The van der Waals surface area contributed by atoms with Crippen LogP contribution in [0.1, 0.15) is 41.5 Å².